The number of rotatable bonds is 5. The lowest BCUT2D eigenvalue weighted by molar-refractivity contribution is 1.18. The highest BCUT2D eigenvalue weighted by molar-refractivity contribution is 6.20. The zero-order valence-corrected chi connectivity index (χ0v) is 34.8. The average molecular weight is 811 g/mol. The molecule has 0 fully saturated rings. The first-order valence-electron chi connectivity index (χ1n) is 22.2. The van der Waals surface area contributed by atoms with E-state index in [1.807, 2.05) is 0 Å². The maximum absolute atomic E-state index is 2.47. The minimum absolute atomic E-state index is 1.15. The van der Waals surface area contributed by atoms with Crippen molar-refractivity contribution in [2.75, 3.05) is 0 Å². The molecule has 0 saturated heterocycles. The van der Waals surface area contributed by atoms with Crippen LogP contribution in [0.5, 0.6) is 0 Å². The minimum Gasteiger partial charge on any atom is -0.309 e. The van der Waals surface area contributed by atoms with E-state index >= 15 is 0 Å². The Morgan fingerprint density at radius 2 is 0.750 bits per heavy atom. The molecular weight excluding hydrogens is 773 g/mol. The molecule has 2 nitrogen and oxygen atoms in total. The predicted octanol–water partition coefficient (Wildman–Crippen LogP) is 16.8. The van der Waals surface area contributed by atoms with Crippen LogP contribution >= 0.6 is 0 Å². The van der Waals surface area contributed by atoms with Gasteiger partial charge in [-0.2, -0.15) is 0 Å². The van der Waals surface area contributed by atoms with Crippen LogP contribution in [-0.4, -0.2) is 9.13 Å². The molecule has 0 aliphatic heterocycles. The van der Waals surface area contributed by atoms with Crippen molar-refractivity contribution in [2.24, 2.45) is 0 Å². The molecule has 11 aromatic carbocycles. The minimum atomic E-state index is 1.15. The molecule has 2 aromatic heterocycles. The maximum atomic E-state index is 2.47. The Morgan fingerprint density at radius 1 is 0.234 bits per heavy atom. The van der Waals surface area contributed by atoms with Crippen LogP contribution < -0.4 is 0 Å². The maximum Gasteiger partial charge on any atom is 0.0619 e. The van der Waals surface area contributed by atoms with Gasteiger partial charge in [-0.05, 0) is 132 Å². The summed E-state index contributed by atoms with van der Waals surface area (Å²) in [7, 11) is 0. The van der Waals surface area contributed by atoms with Crippen LogP contribution in [0, 0.1) is 0 Å². The number of fused-ring (bicyclic) bond motifs is 11. The van der Waals surface area contributed by atoms with Gasteiger partial charge in [0.25, 0.3) is 0 Å². The van der Waals surface area contributed by atoms with Gasteiger partial charge in [0.05, 0.1) is 22.1 Å². The van der Waals surface area contributed by atoms with Crippen LogP contribution in [0.2, 0.25) is 0 Å². The Hall–Kier alpha value is -8.46. The molecule has 0 amide bonds. The first-order valence-corrected chi connectivity index (χ1v) is 22.2. The SMILES string of the molecule is c1ccc(-c2ccc(-n3c4ccccc4c4cc(-c5ccc6c(c5)c5ccc7ccccc7c5n6-c5ccc(-c6ccc7c(c6)-c6cccc8cccc-7c68)cc5)ccc43)cc2)cc1. The van der Waals surface area contributed by atoms with Crippen molar-refractivity contribution >= 4 is 65.2 Å². The summed E-state index contributed by atoms with van der Waals surface area (Å²) in [6, 6.07) is 85.2. The van der Waals surface area contributed by atoms with E-state index in [1.54, 1.807) is 0 Å². The number of hydrogen-bond donors (Lipinski definition) is 0. The second kappa shape index (κ2) is 13.5. The molecular formula is C62H38N2. The molecule has 0 bridgehead atoms. The van der Waals surface area contributed by atoms with Crippen LogP contribution in [0.1, 0.15) is 0 Å². The van der Waals surface area contributed by atoms with E-state index in [4.69, 9.17) is 0 Å². The Labute approximate surface area is 370 Å². The lowest BCUT2D eigenvalue weighted by Crippen LogP contribution is -1.95. The van der Waals surface area contributed by atoms with Crippen molar-refractivity contribution in [2.45, 2.75) is 0 Å². The molecule has 64 heavy (non-hydrogen) atoms. The number of hydrogen-bond acceptors (Lipinski definition) is 0. The Balaban J connectivity index is 0.881. The largest absolute Gasteiger partial charge is 0.309 e. The summed E-state index contributed by atoms with van der Waals surface area (Å²) in [5, 5.41) is 10.2. The molecule has 0 atom stereocenters. The molecule has 2 heterocycles. The van der Waals surface area contributed by atoms with Crippen LogP contribution in [0.15, 0.2) is 231 Å². The highest BCUT2D eigenvalue weighted by atomic mass is 15.0. The molecule has 1 aliphatic carbocycles. The quantitative estimate of drug-likeness (QED) is 0.164. The third-order valence-corrected chi connectivity index (χ3v) is 13.9. The van der Waals surface area contributed by atoms with Crippen molar-refractivity contribution in [1.82, 2.24) is 9.13 Å². The smallest absolute Gasteiger partial charge is 0.0619 e. The third-order valence-electron chi connectivity index (χ3n) is 13.9. The predicted molar refractivity (Wildman–Crippen MR) is 271 cm³/mol. The normalized spacial score (nSPS) is 12.1. The number of benzene rings is 11. The molecule has 13 aromatic rings. The molecule has 0 radical (unpaired) electrons. The number of aromatic nitrogens is 2. The van der Waals surface area contributed by atoms with Gasteiger partial charge in [-0.15, -0.1) is 0 Å². The number of nitrogens with zero attached hydrogens (tertiary/aromatic N) is 2. The van der Waals surface area contributed by atoms with Crippen molar-refractivity contribution in [1.29, 1.82) is 0 Å². The number of para-hydroxylation sites is 1. The first-order chi connectivity index (χ1) is 31.7. The van der Waals surface area contributed by atoms with Gasteiger partial charge in [0.2, 0.25) is 0 Å². The molecule has 1 aliphatic rings. The van der Waals surface area contributed by atoms with E-state index in [-0.39, 0.29) is 0 Å². The highest BCUT2D eigenvalue weighted by Crippen LogP contribution is 2.48. The van der Waals surface area contributed by atoms with E-state index < -0.39 is 0 Å². The summed E-state index contributed by atoms with van der Waals surface area (Å²) in [4.78, 5) is 0. The topological polar surface area (TPSA) is 9.86 Å². The van der Waals surface area contributed by atoms with E-state index in [1.165, 1.54) is 121 Å². The molecule has 0 saturated carbocycles. The Kier molecular flexibility index (Phi) is 7.43. The van der Waals surface area contributed by atoms with E-state index in [9.17, 15) is 0 Å². The molecule has 2 heteroatoms. The van der Waals surface area contributed by atoms with E-state index in [2.05, 4.69) is 240 Å². The van der Waals surface area contributed by atoms with Crippen LogP contribution in [0.25, 0.3) is 132 Å². The summed E-state index contributed by atoms with van der Waals surface area (Å²) in [6.45, 7) is 0. The second-order valence-electron chi connectivity index (χ2n) is 17.3. The molecule has 0 N–H and O–H groups in total. The molecule has 0 spiro atoms. The van der Waals surface area contributed by atoms with Crippen LogP contribution in [0.4, 0.5) is 0 Å². The summed E-state index contributed by atoms with van der Waals surface area (Å²) in [5.74, 6) is 0. The fourth-order valence-corrected chi connectivity index (χ4v) is 10.9. The lowest BCUT2D eigenvalue weighted by Gasteiger charge is -2.12. The van der Waals surface area contributed by atoms with E-state index in [0.717, 1.165) is 11.4 Å². The zero-order chi connectivity index (χ0) is 41.9. The van der Waals surface area contributed by atoms with Crippen LogP contribution in [0.3, 0.4) is 0 Å². The van der Waals surface area contributed by atoms with Gasteiger partial charge in [-0.3, -0.25) is 0 Å². The van der Waals surface area contributed by atoms with E-state index in [0.29, 0.717) is 0 Å². The standard InChI is InChI=1S/C62H38N2/c1-2-10-39(11-3-1)40-20-28-47(29-21-40)63-58-19-7-6-16-51(58)56-37-45(26-34-59(56)63)46-27-35-60-57(38-46)54-33-24-42-12-4-5-15-49(42)62(54)64(60)48-30-22-41(23-31-48)44-25-32-50-52-17-8-13-43-14-9-18-53(61(43)52)55(50)36-44/h1-38H. The third kappa shape index (κ3) is 5.14. The molecule has 296 valence electrons. The van der Waals surface area contributed by atoms with Crippen molar-refractivity contribution < 1.29 is 0 Å². The van der Waals surface area contributed by atoms with Crippen molar-refractivity contribution in [3.05, 3.63) is 231 Å². The summed E-state index contributed by atoms with van der Waals surface area (Å²) in [6.07, 6.45) is 0. The monoisotopic (exact) mass is 810 g/mol. The summed E-state index contributed by atoms with van der Waals surface area (Å²) >= 11 is 0. The lowest BCUT2D eigenvalue weighted by atomic mass is 9.97. The van der Waals surface area contributed by atoms with Gasteiger partial charge >= 0.3 is 0 Å². The molecule has 14 rings (SSSR count). The van der Waals surface area contributed by atoms with Gasteiger partial charge in [0.1, 0.15) is 0 Å². The van der Waals surface area contributed by atoms with Gasteiger partial charge in [-0.1, -0.05) is 170 Å². The average Bonchev–Trinajstić information content (AvgIpc) is 4.00. The summed E-state index contributed by atoms with van der Waals surface area (Å²) < 4.78 is 4.88. The van der Waals surface area contributed by atoms with Crippen molar-refractivity contribution in [3.8, 4) is 67.0 Å². The molecule has 0 unspecified atom stereocenters. The fraction of sp³-hybridized carbons (Fsp3) is 0. The first kappa shape index (κ1) is 35.2. The van der Waals surface area contributed by atoms with Crippen molar-refractivity contribution in [3.63, 3.8) is 0 Å². The van der Waals surface area contributed by atoms with Gasteiger partial charge < -0.3 is 9.13 Å². The van der Waals surface area contributed by atoms with Gasteiger partial charge in [0.15, 0.2) is 0 Å². The van der Waals surface area contributed by atoms with Gasteiger partial charge in [-0.25, -0.2) is 0 Å². The Morgan fingerprint density at radius 3 is 1.50 bits per heavy atom. The highest BCUT2D eigenvalue weighted by Gasteiger charge is 2.22. The summed E-state index contributed by atoms with van der Waals surface area (Å²) in [5.41, 5.74) is 19.7. The fourth-order valence-electron chi connectivity index (χ4n) is 10.9. The Bertz CT molecular complexity index is 4030. The van der Waals surface area contributed by atoms with Gasteiger partial charge in [0, 0.05) is 38.3 Å². The van der Waals surface area contributed by atoms with Crippen LogP contribution in [-0.2, 0) is 0 Å². The zero-order valence-electron chi connectivity index (χ0n) is 34.8. The second-order valence-corrected chi connectivity index (χ2v) is 17.3.